The van der Waals surface area contributed by atoms with E-state index in [2.05, 4.69) is 31.9 Å². The van der Waals surface area contributed by atoms with Crippen molar-refractivity contribution < 1.29 is 14.9 Å². The average molecular weight is 463 g/mol. The van der Waals surface area contributed by atoms with Crippen LogP contribution in [0.5, 0.6) is 0 Å². The van der Waals surface area contributed by atoms with Gasteiger partial charge >= 0.3 is 0 Å². The first-order valence-corrected chi connectivity index (χ1v) is 11.8. The smallest absolute Gasteiger partial charge is 0.109 e. The molecule has 1 fully saturated rings. The van der Waals surface area contributed by atoms with Gasteiger partial charge in [0.25, 0.3) is 0 Å². The van der Waals surface area contributed by atoms with E-state index >= 15 is 0 Å². The normalized spacial score (nSPS) is 22.5. The van der Waals surface area contributed by atoms with Gasteiger partial charge in [-0.05, 0) is 43.3 Å². The summed E-state index contributed by atoms with van der Waals surface area (Å²) in [5.74, 6) is 0. The van der Waals surface area contributed by atoms with Gasteiger partial charge in [0.05, 0.1) is 30.1 Å². The molecule has 1 aliphatic rings. The van der Waals surface area contributed by atoms with Crippen molar-refractivity contribution in [3.8, 4) is 0 Å². The van der Waals surface area contributed by atoms with E-state index in [1.54, 1.807) is 12.4 Å². The number of nitrogens with zero attached hydrogens (tertiary/aromatic N) is 4. The highest BCUT2D eigenvalue weighted by Crippen LogP contribution is 2.27. The number of pyridine rings is 2. The molecule has 3 heterocycles. The number of aromatic nitrogens is 2. The highest BCUT2D eigenvalue weighted by molar-refractivity contribution is 5.15. The van der Waals surface area contributed by atoms with Crippen LogP contribution < -0.4 is 0 Å². The molecule has 0 radical (unpaired) electrons. The SMILES string of the molecule is CN(CCc1ccccc1)C1C(CN(Cc2ccccn2)Cc2ccccn2)OC(CO)C1O. The lowest BCUT2D eigenvalue weighted by molar-refractivity contribution is -0.0324. The molecule has 0 bridgehead atoms. The van der Waals surface area contributed by atoms with Gasteiger partial charge in [-0.1, -0.05) is 42.5 Å². The van der Waals surface area contributed by atoms with Crippen LogP contribution in [-0.2, 0) is 24.2 Å². The van der Waals surface area contributed by atoms with Crippen LogP contribution in [0.3, 0.4) is 0 Å². The summed E-state index contributed by atoms with van der Waals surface area (Å²) < 4.78 is 6.19. The zero-order valence-corrected chi connectivity index (χ0v) is 19.6. The van der Waals surface area contributed by atoms with Gasteiger partial charge in [0.1, 0.15) is 12.2 Å². The van der Waals surface area contributed by atoms with E-state index in [1.807, 2.05) is 61.6 Å². The second-order valence-corrected chi connectivity index (χ2v) is 8.90. The van der Waals surface area contributed by atoms with E-state index < -0.39 is 12.2 Å². The predicted molar refractivity (Wildman–Crippen MR) is 131 cm³/mol. The second-order valence-electron chi connectivity index (χ2n) is 8.90. The lowest BCUT2D eigenvalue weighted by Crippen LogP contribution is -2.50. The minimum absolute atomic E-state index is 0.207. The van der Waals surface area contributed by atoms with Crippen LogP contribution in [0.4, 0.5) is 0 Å². The van der Waals surface area contributed by atoms with Gasteiger partial charge in [-0.3, -0.25) is 19.8 Å². The molecule has 0 spiro atoms. The van der Waals surface area contributed by atoms with Crippen molar-refractivity contribution in [1.82, 2.24) is 19.8 Å². The molecular weight excluding hydrogens is 428 g/mol. The Balaban J connectivity index is 1.49. The highest BCUT2D eigenvalue weighted by atomic mass is 16.5. The lowest BCUT2D eigenvalue weighted by atomic mass is 10.0. The number of rotatable bonds is 11. The summed E-state index contributed by atoms with van der Waals surface area (Å²) in [4.78, 5) is 13.4. The Morgan fingerprint density at radius 1 is 0.853 bits per heavy atom. The van der Waals surface area contributed by atoms with Crippen molar-refractivity contribution in [2.24, 2.45) is 0 Å². The molecule has 0 amide bonds. The molecular formula is C27H34N4O3. The Morgan fingerprint density at radius 3 is 2.03 bits per heavy atom. The quantitative estimate of drug-likeness (QED) is 0.452. The van der Waals surface area contributed by atoms with Crippen LogP contribution in [0, 0.1) is 0 Å². The molecule has 2 N–H and O–H groups in total. The minimum Gasteiger partial charge on any atom is -0.394 e. The van der Waals surface area contributed by atoms with Crippen LogP contribution >= 0.6 is 0 Å². The number of ether oxygens (including phenoxy) is 1. The summed E-state index contributed by atoms with van der Waals surface area (Å²) in [6, 6.07) is 21.9. The third-order valence-corrected chi connectivity index (χ3v) is 6.41. The number of benzene rings is 1. The van der Waals surface area contributed by atoms with Crippen LogP contribution in [0.1, 0.15) is 17.0 Å². The molecule has 1 saturated heterocycles. The van der Waals surface area contributed by atoms with Gasteiger partial charge in [-0.2, -0.15) is 0 Å². The Labute approximate surface area is 201 Å². The molecule has 4 unspecified atom stereocenters. The summed E-state index contributed by atoms with van der Waals surface area (Å²) in [6.07, 6.45) is 2.85. The molecule has 1 aliphatic heterocycles. The largest absolute Gasteiger partial charge is 0.394 e. The third kappa shape index (κ3) is 6.46. The van der Waals surface area contributed by atoms with Gasteiger partial charge in [-0.25, -0.2) is 0 Å². The predicted octanol–water partition coefficient (Wildman–Crippen LogP) is 2.14. The Kier molecular flexibility index (Phi) is 8.73. The fourth-order valence-electron chi connectivity index (χ4n) is 4.65. The standard InChI is InChI=1S/C27H34N4O3/c1-30(16-13-21-9-3-2-4-10-21)26-24(34-25(20-32)27(26)33)19-31(17-22-11-5-7-14-28-22)18-23-12-6-8-15-29-23/h2-12,14-15,24-27,32-33H,13,16-20H2,1H3. The minimum atomic E-state index is -0.762. The van der Waals surface area contributed by atoms with Crippen LogP contribution in [0.15, 0.2) is 79.1 Å². The molecule has 4 rings (SSSR count). The summed E-state index contributed by atoms with van der Waals surface area (Å²) in [6.45, 7) is 2.43. The second kappa shape index (κ2) is 12.1. The molecule has 7 heteroatoms. The van der Waals surface area contributed by atoms with Crippen molar-refractivity contribution in [2.45, 2.75) is 43.9 Å². The van der Waals surface area contributed by atoms with Crippen molar-refractivity contribution in [3.05, 3.63) is 96.1 Å². The third-order valence-electron chi connectivity index (χ3n) is 6.41. The number of hydrogen-bond acceptors (Lipinski definition) is 7. The first-order valence-electron chi connectivity index (χ1n) is 11.8. The Bertz CT molecular complexity index is 935. The molecule has 34 heavy (non-hydrogen) atoms. The maximum Gasteiger partial charge on any atom is 0.109 e. The topological polar surface area (TPSA) is 82.0 Å². The van der Waals surface area contributed by atoms with Gasteiger partial charge < -0.3 is 14.9 Å². The van der Waals surface area contributed by atoms with Crippen LogP contribution in [0.25, 0.3) is 0 Å². The maximum atomic E-state index is 11.0. The molecule has 0 saturated carbocycles. The lowest BCUT2D eigenvalue weighted by Gasteiger charge is -2.33. The molecule has 2 aromatic heterocycles. The van der Waals surface area contributed by atoms with Gasteiger partial charge in [0.2, 0.25) is 0 Å². The molecule has 0 aliphatic carbocycles. The van der Waals surface area contributed by atoms with E-state index in [9.17, 15) is 10.2 Å². The van der Waals surface area contributed by atoms with Crippen molar-refractivity contribution in [3.63, 3.8) is 0 Å². The van der Waals surface area contributed by atoms with E-state index in [4.69, 9.17) is 4.74 Å². The Morgan fingerprint density at radius 2 is 1.47 bits per heavy atom. The number of aliphatic hydroxyl groups is 2. The monoisotopic (exact) mass is 462 g/mol. The number of hydrogen-bond donors (Lipinski definition) is 2. The van der Waals surface area contributed by atoms with Crippen LogP contribution in [0.2, 0.25) is 0 Å². The average Bonchev–Trinajstić information content (AvgIpc) is 3.19. The molecule has 1 aromatic carbocycles. The van der Waals surface area contributed by atoms with Gasteiger partial charge in [0.15, 0.2) is 0 Å². The molecule has 3 aromatic rings. The van der Waals surface area contributed by atoms with Crippen molar-refractivity contribution >= 4 is 0 Å². The number of aliphatic hydroxyl groups excluding tert-OH is 2. The van der Waals surface area contributed by atoms with E-state index in [0.29, 0.717) is 19.6 Å². The first kappa shape index (κ1) is 24.4. The van der Waals surface area contributed by atoms with Gasteiger partial charge in [-0.15, -0.1) is 0 Å². The zero-order chi connectivity index (χ0) is 23.8. The summed E-state index contributed by atoms with van der Waals surface area (Å²) >= 11 is 0. The molecule has 4 atom stereocenters. The maximum absolute atomic E-state index is 11.0. The summed E-state index contributed by atoms with van der Waals surface area (Å²) in [5.41, 5.74) is 3.18. The molecule has 180 valence electrons. The summed E-state index contributed by atoms with van der Waals surface area (Å²) in [7, 11) is 2.02. The fraction of sp³-hybridized carbons (Fsp3) is 0.407. The number of likely N-dealkylation sites (N-methyl/N-ethyl adjacent to an activating group) is 1. The van der Waals surface area contributed by atoms with E-state index in [1.165, 1.54) is 5.56 Å². The molecule has 7 nitrogen and oxygen atoms in total. The van der Waals surface area contributed by atoms with E-state index in [0.717, 1.165) is 24.4 Å². The highest BCUT2D eigenvalue weighted by Gasteiger charge is 2.45. The zero-order valence-electron chi connectivity index (χ0n) is 19.6. The van der Waals surface area contributed by atoms with Crippen molar-refractivity contribution in [2.75, 3.05) is 26.7 Å². The van der Waals surface area contributed by atoms with Crippen LogP contribution in [-0.4, -0.2) is 81.1 Å². The Hall–Kier alpha value is -2.68. The fourth-order valence-corrected chi connectivity index (χ4v) is 4.65. The van der Waals surface area contributed by atoms with E-state index in [-0.39, 0.29) is 18.8 Å². The summed E-state index contributed by atoms with van der Waals surface area (Å²) in [5, 5.41) is 20.8. The van der Waals surface area contributed by atoms with Crippen molar-refractivity contribution in [1.29, 1.82) is 0 Å². The first-order chi connectivity index (χ1) is 16.6. The van der Waals surface area contributed by atoms with Gasteiger partial charge in [0, 0.05) is 38.6 Å².